The summed E-state index contributed by atoms with van der Waals surface area (Å²) in [5.74, 6) is 0. The van der Waals surface area contributed by atoms with Gasteiger partial charge in [0.1, 0.15) is 0 Å². The fourth-order valence-corrected chi connectivity index (χ4v) is 0.757. The van der Waals surface area contributed by atoms with E-state index in [4.69, 9.17) is 0 Å². The van der Waals surface area contributed by atoms with Gasteiger partial charge in [-0.15, -0.1) is 0 Å². The number of anilines is 1. The number of rotatable bonds is 1. The Balaban J connectivity index is 2.67. The number of nitrogens with one attached hydrogen (secondary N) is 1. The molecule has 0 aliphatic rings. The number of hydrogen-bond donors (Lipinski definition) is 1. The highest BCUT2D eigenvalue weighted by Gasteiger charge is 1.91. The zero-order valence-corrected chi connectivity index (χ0v) is 6.02. The van der Waals surface area contributed by atoms with E-state index in [0.717, 1.165) is 5.69 Å². The number of hydrogen-bond acceptors (Lipinski definition) is 1. The van der Waals surface area contributed by atoms with Crippen molar-refractivity contribution in [3.63, 3.8) is 0 Å². The summed E-state index contributed by atoms with van der Waals surface area (Å²) in [6, 6.07) is 9.11. The van der Waals surface area contributed by atoms with Gasteiger partial charge in [-0.05, 0) is 24.4 Å². The summed E-state index contributed by atoms with van der Waals surface area (Å²) in [6.45, 7) is 0. The van der Waals surface area contributed by atoms with E-state index in [9.17, 15) is 5.11 Å². The third-order valence-electron chi connectivity index (χ3n) is 1.02. The maximum Gasteiger partial charge on any atom is 0.314 e. The SMILES string of the molecule is [O]C(=S)Nc1ccccc1. The van der Waals surface area contributed by atoms with E-state index in [1.54, 1.807) is 12.1 Å². The molecule has 0 unspecified atom stereocenters. The van der Waals surface area contributed by atoms with Gasteiger partial charge in [-0.2, -0.15) is 0 Å². The third-order valence-corrected chi connectivity index (χ3v) is 1.12. The maximum atomic E-state index is 10.3. The largest absolute Gasteiger partial charge is 0.314 e. The highest BCUT2D eigenvalue weighted by molar-refractivity contribution is 7.80. The van der Waals surface area contributed by atoms with Crippen LogP contribution in [0, 0.1) is 0 Å². The molecule has 1 aromatic rings. The smallest absolute Gasteiger partial charge is 0.313 e. The van der Waals surface area contributed by atoms with E-state index < -0.39 is 5.17 Å². The van der Waals surface area contributed by atoms with Crippen molar-refractivity contribution >= 4 is 23.1 Å². The van der Waals surface area contributed by atoms with Crippen molar-refractivity contribution in [2.75, 3.05) is 5.32 Å². The van der Waals surface area contributed by atoms with Crippen LogP contribution in [0.25, 0.3) is 0 Å². The molecule has 3 heteroatoms. The van der Waals surface area contributed by atoms with Gasteiger partial charge < -0.3 is 5.32 Å². The Morgan fingerprint density at radius 1 is 1.30 bits per heavy atom. The Hall–Kier alpha value is -1.09. The van der Waals surface area contributed by atoms with Gasteiger partial charge in [0.05, 0.1) is 0 Å². The Morgan fingerprint density at radius 2 is 1.90 bits per heavy atom. The molecule has 0 saturated carbocycles. The molecule has 10 heavy (non-hydrogen) atoms. The van der Waals surface area contributed by atoms with Crippen LogP contribution in [0.5, 0.6) is 0 Å². The van der Waals surface area contributed by atoms with Gasteiger partial charge in [0.25, 0.3) is 0 Å². The predicted octanol–water partition coefficient (Wildman–Crippen LogP) is 1.81. The summed E-state index contributed by atoms with van der Waals surface area (Å²) in [4.78, 5) is 0. The van der Waals surface area contributed by atoms with Gasteiger partial charge in [-0.1, -0.05) is 18.2 Å². The van der Waals surface area contributed by atoms with E-state index in [-0.39, 0.29) is 0 Å². The molecule has 2 nitrogen and oxygen atoms in total. The zero-order valence-electron chi connectivity index (χ0n) is 5.20. The zero-order chi connectivity index (χ0) is 7.40. The van der Waals surface area contributed by atoms with E-state index in [0.29, 0.717) is 0 Å². The average molecular weight is 152 g/mol. The Labute approximate surface area is 64.5 Å². The summed E-state index contributed by atoms with van der Waals surface area (Å²) < 4.78 is 0. The highest BCUT2D eigenvalue weighted by Crippen LogP contribution is 2.03. The van der Waals surface area contributed by atoms with Crippen molar-refractivity contribution in [3.8, 4) is 0 Å². The van der Waals surface area contributed by atoms with Crippen LogP contribution < -0.4 is 5.32 Å². The molecule has 0 saturated heterocycles. The Kier molecular flexibility index (Phi) is 2.23. The monoisotopic (exact) mass is 152 g/mol. The first-order valence-corrected chi connectivity index (χ1v) is 3.23. The molecule has 0 amide bonds. The molecule has 0 heterocycles. The molecule has 0 aliphatic heterocycles. The van der Waals surface area contributed by atoms with Crippen LogP contribution in [0.4, 0.5) is 5.69 Å². The standard InChI is InChI=1S/C7H6NOS/c9-7(10)8-6-4-2-1-3-5-6/h1-5H,(H,8,10). The van der Waals surface area contributed by atoms with Crippen LogP contribution in [0.1, 0.15) is 0 Å². The van der Waals surface area contributed by atoms with Gasteiger partial charge in [0, 0.05) is 5.69 Å². The van der Waals surface area contributed by atoms with Crippen LogP contribution in [-0.4, -0.2) is 5.17 Å². The Morgan fingerprint density at radius 3 is 2.40 bits per heavy atom. The number of para-hydroxylation sites is 1. The van der Waals surface area contributed by atoms with Crippen LogP contribution >= 0.6 is 12.2 Å². The van der Waals surface area contributed by atoms with Crippen LogP contribution in [0.15, 0.2) is 30.3 Å². The van der Waals surface area contributed by atoms with E-state index in [2.05, 4.69) is 17.5 Å². The number of thiocarbonyl (C=S) groups is 1. The lowest BCUT2D eigenvalue weighted by atomic mass is 10.3. The summed E-state index contributed by atoms with van der Waals surface area (Å²) >= 11 is 4.31. The lowest BCUT2D eigenvalue weighted by Crippen LogP contribution is -2.04. The molecule has 51 valence electrons. The van der Waals surface area contributed by atoms with Crippen molar-refractivity contribution in [2.45, 2.75) is 0 Å². The minimum atomic E-state index is -0.453. The number of benzene rings is 1. The molecular formula is C7H6NOS. The minimum Gasteiger partial charge on any atom is -0.313 e. The molecule has 1 N–H and O–H groups in total. The quantitative estimate of drug-likeness (QED) is 0.622. The predicted molar refractivity (Wildman–Crippen MR) is 43.3 cm³/mol. The molecule has 1 radical (unpaired) electrons. The van der Waals surface area contributed by atoms with Crippen LogP contribution in [0.2, 0.25) is 0 Å². The third kappa shape index (κ3) is 2.03. The highest BCUT2D eigenvalue weighted by atomic mass is 32.1. The van der Waals surface area contributed by atoms with Crippen molar-refractivity contribution < 1.29 is 5.11 Å². The molecule has 1 rings (SSSR count). The summed E-state index contributed by atoms with van der Waals surface area (Å²) in [5, 5.41) is 12.3. The fraction of sp³-hybridized carbons (Fsp3) is 0. The Bertz CT molecular complexity index is 222. The van der Waals surface area contributed by atoms with E-state index in [1.165, 1.54) is 0 Å². The molecule has 0 aromatic heterocycles. The van der Waals surface area contributed by atoms with Gasteiger partial charge in [-0.25, -0.2) is 0 Å². The molecule has 1 aromatic carbocycles. The van der Waals surface area contributed by atoms with Crippen molar-refractivity contribution in [1.82, 2.24) is 0 Å². The summed E-state index contributed by atoms with van der Waals surface area (Å²) in [7, 11) is 0. The summed E-state index contributed by atoms with van der Waals surface area (Å²) in [5.41, 5.74) is 0.738. The lowest BCUT2D eigenvalue weighted by molar-refractivity contribution is 0.440. The second-order valence-corrected chi connectivity index (χ2v) is 2.15. The van der Waals surface area contributed by atoms with Crippen molar-refractivity contribution in [1.29, 1.82) is 0 Å². The van der Waals surface area contributed by atoms with Gasteiger partial charge in [0.2, 0.25) is 0 Å². The molecule has 0 bridgehead atoms. The minimum absolute atomic E-state index is 0.453. The topological polar surface area (TPSA) is 31.9 Å². The van der Waals surface area contributed by atoms with E-state index >= 15 is 0 Å². The average Bonchev–Trinajstić information content (AvgIpc) is 1.88. The van der Waals surface area contributed by atoms with Gasteiger partial charge in [0.15, 0.2) is 0 Å². The van der Waals surface area contributed by atoms with Crippen LogP contribution in [-0.2, 0) is 5.11 Å². The summed E-state index contributed by atoms with van der Waals surface area (Å²) in [6.07, 6.45) is 0. The van der Waals surface area contributed by atoms with Crippen molar-refractivity contribution in [2.24, 2.45) is 0 Å². The van der Waals surface area contributed by atoms with Gasteiger partial charge >= 0.3 is 5.17 Å². The fourth-order valence-electron chi connectivity index (χ4n) is 0.639. The first-order chi connectivity index (χ1) is 4.79. The second-order valence-electron chi connectivity index (χ2n) is 1.78. The first-order valence-electron chi connectivity index (χ1n) is 2.82. The van der Waals surface area contributed by atoms with Crippen molar-refractivity contribution in [3.05, 3.63) is 30.3 Å². The first kappa shape index (κ1) is 7.02. The normalized spacial score (nSPS) is 8.80. The lowest BCUT2D eigenvalue weighted by Gasteiger charge is -1.97. The second kappa shape index (κ2) is 3.17. The molecule has 0 fully saturated rings. The maximum absolute atomic E-state index is 10.3. The van der Waals surface area contributed by atoms with E-state index in [1.807, 2.05) is 18.2 Å². The molecule has 0 spiro atoms. The molecular weight excluding hydrogens is 146 g/mol. The molecule has 0 atom stereocenters. The van der Waals surface area contributed by atoms with Crippen LogP contribution in [0.3, 0.4) is 0 Å². The van der Waals surface area contributed by atoms with Gasteiger partial charge in [-0.3, -0.25) is 5.11 Å². The molecule has 0 aliphatic carbocycles.